The number of hydrogen-bond acceptors (Lipinski definition) is 5. The number of benzene rings is 1. The van der Waals surface area contributed by atoms with Gasteiger partial charge in [-0.15, -0.1) is 11.3 Å². The lowest BCUT2D eigenvalue weighted by Crippen LogP contribution is -2.50. The van der Waals surface area contributed by atoms with E-state index in [1.807, 2.05) is 0 Å². The highest BCUT2D eigenvalue weighted by Crippen LogP contribution is 2.22. The number of amides is 1. The highest BCUT2D eigenvalue weighted by Gasteiger charge is 2.30. The molecule has 6 nitrogen and oxygen atoms in total. The molecular formula is C16H18N2O4S2. The Kier molecular flexibility index (Phi) is 4.88. The van der Waals surface area contributed by atoms with E-state index in [0.717, 1.165) is 0 Å². The van der Waals surface area contributed by atoms with Crippen molar-refractivity contribution in [3.63, 3.8) is 0 Å². The molecule has 1 aliphatic rings. The van der Waals surface area contributed by atoms with E-state index in [9.17, 15) is 13.2 Å². The predicted molar refractivity (Wildman–Crippen MR) is 92.0 cm³/mol. The summed E-state index contributed by atoms with van der Waals surface area (Å²) in [6.07, 6.45) is 0. The minimum absolute atomic E-state index is 0.0918. The number of piperazine rings is 1. The van der Waals surface area contributed by atoms with Gasteiger partial charge < -0.3 is 9.64 Å². The summed E-state index contributed by atoms with van der Waals surface area (Å²) < 4.78 is 31.8. The van der Waals surface area contributed by atoms with Gasteiger partial charge >= 0.3 is 0 Å². The molecule has 0 unspecified atom stereocenters. The second kappa shape index (κ2) is 6.92. The van der Waals surface area contributed by atoms with Crippen molar-refractivity contribution in [3.8, 4) is 5.75 Å². The van der Waals surface area contributed by atoms with Crippen LogP contribution in [-0.4, -0.2) is 56.8 Å². The summed E-state index contributed by atoms with van der Waals surface area (Å²) in [4.78, 5) is 14.2. The second-order valence-corrected chi connectivity index (χ2v) is 8.47. The zero-order chi connectivity index (χ0) is 17.2. The monoisotopic (exact) mass is 366 g/mol. The lowest BCUT2D eigenvalue weighted by molar-refractivity contribution is 0.0698. The Hall–Kier alpha value is -1.90. The first-order chi connectivity index (χ1) is 11.5. The fourth-order valence-electron chi connectivity index (χ4n) is 2.59. The van der Waals surface area contributed by atoms with Crippen LogP contribution in [0, 0.1) is 0 Å². The third-order valence-electron chi connectivity index (χ3n) is 3.95. The van der Waals surface area contributed by atoms with Crippen LogP contribution in [0.15, 0.2) is 46.0 Å². The maximum absolute atomic E-state index is 12.5. The smallest absolute Gasteiger partial charge is 0.253 e. The van der Waals surface area contributed by atoms with Crippen LogP contribution in [0.3, 0.4) is 0 Å². The van der Waals surface area contributed by atoms with E-state index in [1.54, 1.807) is 53.8 Å². The van der Waals surface area contributed by atoms with Gasteiger partial charge in [-0.3, -0.25) is 4.79 Å². The SMILES string of the molecule is COc1ccc(C(=O)N2CCN(S(=O)(=O)c3cccs3)CC2)cc1. The summed E-state index contributed by atoms with van der Waals surface area (Å²) in [5, 5.41) is 1.75. The molecule has 0 atom stereocenters. The number of sulfonamides is 1. The second-order valence-electron chi connectivity index (χ2n) is 5.36. The summed E-state index contributed by atoms with van der Waals surface area (Å²) >= 11 is 1.21. The number of nitrogens with zero attached hydrogens (tertiary/aromatic N) is 2. The van der Waals surface area contributed by atoms with E-state index in [-0.39, 0.29) is 5.91 Å². The Morgan fingerprint density at radius 1 is 1.08 bits per heavy atom. The number of carbonyl (C=O) groups excluding carboxylic acids is 1. The highest BCUT2D eigenvalue weighted by atomic mass is 32.2. The van der Waals surface area contributed by atoms with Crippen molar-refractivity contribution in [2.24, 2.45) is 0 Å². The summed E-state index contributed by atoms with van der Waals surface area (Å²) in [7, 11) is -1.87. The number of hydrogen-bond donors (Lipinski definition) is 0. The van der Waals surface area contributed by atoms with Crippen molar-refractivity contribution in [1.82, 2.24) is 9.21 Å². The molecule has 1 amide bonds. The lowest BCUT2D eigenvalue weighted by atomic mass is 10.2. The molecule has 1 saturated heterocycles. The van der Waals surface area contributed by atoms with Gasteiger partial charge in [0.05, 0.1) is 7.11 Å². The van der Waals surface area contributed by atoms with Crippen molar-refractivity contribution >= 4 is 27.3 Å². The zero-order valence-corrected chi connectivity index (χ0v) is 14.8. The fraction of sp³-hybridized carbons (Fsp3) is 0.312. The minimum atomic E-state index is -3.44. The number of thiophene rings is 1. The van der Waals surface area contributed by atoms with E-state index < -0.39 is 10.0 Å². The molecule has 8 heteroatoms. The Labute approximate surface area is 145 Å². The summed E-state index contributed by atoms with van der Waals surface area (Å²) in [5.41, 5.74) is 0.574. The first-order valence-corrected chi connectivity index (χ1v) is 9.81. The molecule has 0 radical (unpaired) electrons. The zero-order valence-electron chi connectivity index (χ0n) is 13.2. The average Bonchev–Trinajstić information content (AvgIpc) is 3.17. The van der Waals surface area contributed by atoms with Gasteiger partial charge in [0.15, 0.2) is 0 Å². The lowest BCUT2D eigenvalue weighted by Gasteiger charge is -2.33. The topological polar surface area (TPSA) is 66.9 Å². The predicted octanol–water partition coefficient (Wildman–Crippen LogP) is 1.90. The van der Waals surface area contributed by atoms with E-state index in [1.165, 1.54) is 15.6 Å². The molecule has 1 fully saturated rings. The molecule has 1 aromatic heterocycles. The Bertz CT molecular complexity index is 793. The molecule has 3 rings (SSSR count). The summed E-state index contributed by atoms with van der Waals surface area (Å²) in [6.45, 7) is 1.38. The Morgan fingerprint density at radius 2 is 1.75 bits per heavy atom. The van der Waals surface area contributed by atoms with Crippen LogP contribution < -0.4 is 4.74 Å². The van der Waals surface area contributed by atoms with Gasteiger partial charge in [-0.1, -0.05) is 6.07 Å². The van der Waals surface area contributed by atoms with Gasteiger partial charge in [0, 0.05) is 31.7 Å². The first-order valence-electron chi connectivity index (χ1n) is 7.49. The molecule has 128 valence electrons. The van der Waals surface area contributed by atoms with E-state index in [0.29, 0.717) is 41.7 Å². The molecule has 1 aliphatic heterocycles. The summed E-state index contributed by atoms with van der Waals surface area (Å²) in [5.74, 6) is 0.601. The molecule has 1 aromatic carbocycles. The number of carbonyl (C=O) groups is 1. The number of ether oxygens (including phenoxy) is 1. The molecule has 24 heavy (non-hydrogen) atoms. The van der Waals surface area contributed by atoms with Crippen molar-refractivity contribution < 1.29 is 17.9 Å². The van der Waals surface area contributed by atoms with Crippen LogP contribution in [-0.2, 0) is 10.0 Å². The van der Waals surface area contributed by atoms with Gasteiger partial charge in [0.2, 0.25) is 0 Å². The fourth-order valence-corrected chi connectivity index (χ4v) is 5.15. The molecule has 0 N–H and O–H groups in total. The van der Waals surface area contributed by atoms with Crippen LogP contribution in [0.4, 0.5) is 0 Å². The third-order valence-corrected chi connectivity index (χ3v) is 7.22. The highest BCUT2D eigenvalue weighted by molar-refractivity contribution is 7.91. The van der Waals surface area contributed by atoms with E-state index in [2.05, 4.69) is 0 Å². The van der Waals surface area contributed by atoms with Crippen molar-refractivity contribution in [3.05, 3.63) is 47.3 Å². The standard InChI is InChI=1S/C16H18N2O4S2/c1-22-14-6-4-13(5-7-14)16(19)17-8-10-18(11-9-17)24(20,21)15-3-2-12-23-15/h2-7,12H,8-11H2,1H3. The van der Waals surface area contributed by atoms with Crippen LogP contribution in [0.2, 0.25) is 0 Å². The summed E-state index contributed by atoms with van der Waals surface area (Å²) in [6, 6.07) is 10.2. The van der Waals surface area contributed by atoms with Crippen molar-refractivity contribution in [2.75, 3.05) is 33.3 Å². The maximum Gasteiger partial charge on any atom is 0.253 e. The number of methoxy groups -OCH3 is 1. The third kappa shape index (κ3) is 3.31. The van der Waals surface area contributed by atoms with Gasteiger partial charge in [0.1, 0.15) is 9.96 Å². The molecule has 0 aliphatic carbocycles. The maximum atomic E-state index is 12.5. The Balaban J connectivity index is 1.65. The molecule has 2 aromatic rings. The van der Waals surface area contributed by atoms with Gasteiger partial charge in [0.25, 0.3) is 15.9 Å². The van der Waals surface area contributed by atoms with Crippen LogP contribution in [0.25, 0.3) is 0 Å². The first kappa shape index (κ1) is 16.9. The van der Waals surface area contributed by atoms with Crippen LogP contribution in [0.5, 0.6) is 5.75 Å². The Morgan fingerprint density at radius 3 is 2.29 bits per heavy atom. The largest absolute Gasteiger partial charge is 0.497 e. The van der Waals surface area contributed by atoms with E-state index >= 15 is 0 Å². The minimum Gasteiger partial charge on any atom is -0.497 e. The van der Waals surface area contributed by atoms with Crippen LogP contribution in [0.1, 0.15) is 10.4 Å². The molecule has 0 saturated carbocycles. The quantitative estimate of drug-likeness (QED) is 0.829. The van der Waals surface area contributed by atoms with Crippen molar-refractivity contribution in [1.29, 1.82) is 0 Å². The number of rotatable bonds is 4. The van der Waals surface area contributed by atoms with Gasteiger partial charge in [-0.2, -0.15) is 4.31 Å². The van der Waals surface area contributed by atoms with Crippen LogP contribution >= 0.6 is 11.3 Å². The molecular weight excluding hydrogens is 348 g/mol. The van der Waals surface area contributed by atoms with E-state index in [4.69, 9.17) is 4.74 Å². The van der Waals surface area contributed by atoms with Crippen molar-refractivity contribution in [2.45, 2.75) is 4.21 Å². The average molecular weight is 366 g/mol. The van der Waals surface area contributed by atoms with Gasteiger partial charge in [-0.25, -0.2) is 8.42 Å². The molecule has 0 spiro atoms. The molecule has 2 heterocycles. The molecule has 0 bridgehead atoms. The van der Waals surface area contributed by atoms with Gasteiger partial charge in [-0.05, 0) is 35.7 Å². The normalized spacial score (nSPS) is 16.1.